The van der Waals surface area contributed by atoms with E-state index in [2.05, 4.69) is 23.1 Å². The molecule has 3 nitrogen and oxygen atoms in total. The maximum absolute atomic E-state index is 9.39. The van der Waals surface area contributed by atoms with Crippen molar-refractivity contribution in [3.8, 4) is 5.75 Å². The molecule has 0 spiro atoms. The quantitative estimate of drug-likeness (QED) is 0.887. The zero-order valence-corrected chi connectivity index (χ0v) is 10.7. The molecular formula is C15H21NO2. The van der Waals surface area contributed by atoms with Gasteiger partial charge in [-0.3, -0.25) is 4.90 Å². The Hall–Kier alpha value is -1.06. The lowest BCUT2D eigenvalue weighted by Crippen LogP contribution is -2.36. The van der Waals surface area contributed by atoms with Gasteiger partial charge >= 0.3 is 0 Å². The number of aliphatic hydroxyl groups is 1. The molecule has 2 heterocycles. The van der Waals surface area contributed by atoms with Crippen molar-refractivity contribution in [3.05, 3.63) is 29.8 Å². The van der Waals surface area contributed by atoms with E-state index < -0.39 is 0 Å². The van der Waals surface area contributed by atoms with Crippen LogP contribution in [0.5, 0.6) is 5.75 Å². The highest BCUT2D eigenvalue weighted by molar-refractivity contribution is 5.38. The lowest BCUT2D eigenvalue weighted by molar-refractivity contribution is 0.143. The Balaban J connectivity index is 1.74. The summed E-state index contributed by atoms with van der Waals surface area (Å²) in [4.78, 5) is 2.45. The van der Waals surface area contributed by atoms with Crippen molar-refractivity contribution in [2.24, 2.45) is 0 Å². The van der Waals surface area contributed by atoms with Crippen molar-refractivity contribution in [2.45, 2.75) is 31.2 Å². The van der Waals surface area contributed by atoms with Crippen LogP contribution in [0.3, 0.4) is 0 Å². The monoisotopic (exact) mass is 247 g/mol. The molecule has 0 aliphatic carbocycles. The summed E-state index contributed by atoms with van der Waals surface area (Å²) in [6, 6.07) is 8.75. The number of hydrogen-bond donors (Lipinski definition) is 1. The molecule has 3 rings (SSSR count). The van der Waals surface area contributed by atoms with Crippen molar-refractivity contribution in [3.63, 3.8) is 0 Å². The van der Waals surface area contributed by atoms with Crippen molar-refractivity contribution in [1.82, 2.24) is 4.90 Å². The van der Waals surface area contributed by atoms with Crippen LogP contribution >= 0.6 is 0 Å². The molecule has 1 saturated heterocycles. The van der Waals surface area contributed by atoms with E-state index in [4.69, 9.17) is 4.74 Å². The molecule has 1 N–H and O–H groups in total. The first-order valence-corrected chi connectivity index (χ1v) is 6.95. The summed E-state index contributed by atoms with van der Waals surface area (Å²) in [5.41, 5.74) is 1.34. The van der Waals surface area contributed by atoms with E-state index >= 15 is 0 Å². The molecule has 2 atom stereocenters. The van der Waals surface area contributed by atoms with Crippen molar-refractivity contribution < 1.29 is 9.84 Å². The van der Waals surface area contributed by atoms with E-state index in [1.54, 1.807) is 0 Å². The summed E-state index contributed by atoms with van der Waals surface area (Å²) < 4.78 is 5.70. The Bertz CT molecular complexity index is 407. The molecule has 1 aromatic rings. The van der Waals surface area contributed by atoms with Crippen LogP contribution in [0.25, 0.3) is 0 Å². The maximum Gasteiger partial charge on any atom is 0.122 e. The third-order valence-corrected chi connectivity index (χ3v) is 4.25. The number of para-hydroxylation sites is 1. The van der Waals surface area contributed by atoms with Gasteiger partial charge in [0, 0.05) is 18.5 Å². The van der Waals surface area contributed by atoms with Gasteiger partial charge in [-0.2, -0.15) is 0 Å². The number of hydrogen-bond acceptors (Lipinski definition) is 3. The second kappa shape index (κ2) is 5.29. The van der Waals surface area contributed by atoms with E-state index in [-0.39, 0.29) is 0 Å². The normalized spacial score (nSPS) is 27.8. The number of ether oxygens (including phenoxy) is 1. The fraction of sp³-hybridized carbons (Fsp3) is 0.600. The molecule has 0 aromatic heterocycles. The van der Waals surface area contributed by atoms with Crippen LogP contribution in [0.4, 0.5) is 0 Å². The Morgan fingerprint density at radius 2 is 2.17 bits per heavy atom. The largest absolute Gasteiger partial charge is 0.493 e. The van der Waals surface area contributed by atoms with Crippen molar-refractivity contribution in [2.75, 3.05) is 26.3 Å². The third kappa shape index (κ3) is 2.25. The molecule has 2 aliphatic rings. The molecule has 1 fully saturated rings. The van der Waals surface area contributed by atoms with E-state index in [9.17, 15) is 5.11 Å². The lowest BCUT2D eigenvalue weighted by atomic mass is 9.92. The Morgan fingerprint density at radius 3 is 3.06 bits per heavy atom. The number of rotatable bonds is 3. The van der Waals surface area contributed by atoms with Crippen LogP contribution in [-0.2, 0) is 0 Å². The minimum absolute atomic E-state index is 0.296. The van der Waals surface area contributed by atoms with Crippen LogP contribution in [0, 0.1) is 0 Å². The van der Waals surface area contributed by atoms with Gasteiger partial charge in [0.2, 0.25) is 0 Å². The second-order valence-corrected chi connectivity index (χ2v) is 5.35. The molecule has 0 saturated carbocycles. The van der Waals surface area contributed by atoms with Gasteiger partial charge in [0.25, 0.3) is 0 Å². The summed E-state index contributed by atoms with van der Waals surface area (Å²) in [6.07, 6.45) is 3.45. The summed E-state index contributed by atoms with van der Waals surface area (Å²) in [5, 5.41) is 9.39. The van der Waals surface area contributed by atoms with Gasteiger partial charge in [-0.25, -0.2) is 0 Å². The van der Waals surface area contributed by atoms with Crippen molar-refractivity contribution >= 4 is 0 Å². The number of nitrogens with zero attached hydrogens (tertiary/aromatic N) is 1. The minimum atomic E-state index is 0.296. The van der Waals surface area contributed by atoms with Crippen LogP contribution in [0.15, 0.2) is 24.3 Å². The molecule has 98 valence electrons. The zero-order chi connectivity index (χ0) is 12.4. The molecule has 3 heteroatoms. The smallest absolute Gasteiger partial charge is 0.122 e. The first-order chi connectivity index (χ1) is 8.88. The van der Waals surface area contributed by atoms with Gasteiger partial charge < -0.3 is 9.84 Å². The third-order valence-electron chi connectivity index (χ3n) is 4.25. The van der Waals surface area contributed by atoms with Crippen LogP contribution in [0.1, 0.15) is 30.7 Å². The second-order valence-electron chi connectivity index (χ2n) is 5.35. The summed E-state index contributed by atoms with van der Waals surface area (Å²) in [6.45, 7) is 3.31. The highest BCUT2D eigenvalue weighted by atomic mass is 16.5. The number of aliphatic hydroxyl groups excluding tert-OH is 1. The van der Waals surface area contributed by atoms with Gasteiger partial charge in [0.05, 0.1) is 13.2 Å². The number of benzene rings is 1. The molecule has 18 heavy (non-hydrogen) atoms. The molecule has 0 amide bonds. The number of fused-ring (bicyclic) bond motifs is 1. The summed E-state index contributed by atoms with van der Waals surface area (Å²) in [7, 11) is 0. The SMILES string of the molecule is OC[C@@H]1CCCN1CC1CCOc2ccccc21. The van der Waals surface area contributed by atoms with Gasteiger partial charge in [-0.15, -0.1) is 0 Å². The first kappa shape index (κ1) is 12.0. The Labute approximate surface area is 108 Å². The number of likely N-dealkylation sites (tertiary alicyclic amines) is 1. The predicted molar refractivity (Wildman–Crippen MR) is 71.0 cm³/mol. The molecule has 1 unspecified atom stereocenters. The molecule has 1 aromatic carbocycles. The lowest BCUT2D eigenvalue weighted by Gasteiger charge is -2.31. The minimum Gasteiger partial charge on any atom is -0.493 e. The first-order valence-electron chi connectivity index (χ1n) is 6.95. The van der Waals surface area contributed by atoms with E-state index in [0.717, 1.165) is 38.3 Å². The molecule has 0 bridgehead atoms. The molecular weight excluding hydrogens is 226 g/mol. The van der Waals surface area contributed by atoms with Gasteiger partial charge in [-0.1, -0.05) is 18.2 Å². The van der Waals surface area contributed by atoms with Gasteiger partial charge in [0.1, 0.15) is 5.75 Å². The molecule has 2 aliphatic heterocycles. The summed E-state index contributed by atoms with van der Waals surface area (Å²) in [5.74, 6) is 1.61. The fourth-order valence-electron chi connectivity index (χ4n) is 3.23. The fourth-order valence-corrected chi connectivity index (χ4v) is 3.23. The van der Waals surface area contributed by atoms with Crippen LogP contribution in [0.2, 0.25) is 0 Å². The zero-order valence-electron chi connectivity index (χ0n) is 10.7. The van der Waals surface area contributed by atoms with Crippen LogP contribution < -0.4 is 4.74 Å². The highest BCUT2D eigenvalue weighted by Gasteiger charge is 2.29. The van der Waals surface area contributed by atoms with Crippen molar-refractivity contribution in [1.29, 1.82) is 0 Å². The van der Waals surface area contributed by atoms with E-state index in [0.29, 0.717) is 18.6 Å². The van der Waals surface area contributed by atoms with E-state index in [1.165, 1.54) is 12.0 Å². The van der Waals surface area contributed by atoms with Gasteiger partial charge in [-0.05, 0) is 37.4 Å². The molecule has 0 radical (unpaired) electrons. The standard InChI is InChI=1S/C15H21NO2/c17-11-13-4-3-8-16(13)10-12-7-9-18-15-6-2-1-5-14(12)15/h1-2,5-6,12-13,17H,3-4,7-11H2/t12?,13-/m0/s1. The average Bonchev–Trinajstić information content (AvgIpc) is 2.86. The predicted octanol–water partition coefficient (Wildman–Crippen LogP) is 2.01. The highest BCUT2D eigenvalue weighted by Crippen LogP contribution is 2.35. The Morgan fingerprint density at radius 1 is 1.28 bits per heavy atom. The maximum atomic E-state index is 9.39. The topological polar surface area (TPSA) is 32.7 Å². The Kier molecular flexibility index (Phi) is 3.52. The average molecular weight is 247 g/mol. The van der Waals surface area contributed by atoms with Gasteiger partial charge in [0.15, 0.2) is 0 Å². The summed E-state index contributed by atoms with van der Waals surface area (Å²) >= 11 is 0. The van der Waals surface area contributed by atoms with Crippen LogP contribution in [-0.4, -0.2) is 42.4 Å². The van der Waals surface area contributed by atoms with E-state index in [1.807, 2.05) is 6.07 Å².